The van der Waals surface area contributed by atoms with Crippen LogP contribution in [-0.4, -0.2) is 22.7 Å². The fraction of sp³-hybridized carbons (Fsp3) is 0.0714. The van der Waals surface area contributed by atoms with Crippen LogP contribution < -0.4 is 10.1 Å². The maximum absolute atomic E-state index is 11.7. The fourth-order valence-electron chi connectivity index (χ4n) is 1.60. The van der Waals surface area contributed by atoms with E-state index >= 15 is 0 Å². The van der Waals surface area contributed by atoms with Crippen LogP contribution in [0, 0.1) is 0 Å². The Bertz CT molecular complexity index is 710. The van der Waals surface area contributed by atoms with Crippen LogP contribution in [0.25, 0.3) is 11.5 Å². The van der Waals surface area contributed by atoms with E-state index in [9.17, 15) is 4.79 Å². The summed E-state index contributed by atoms with van der Waals surface area (Å²) < 4.78 is 10.7. The average molecular weight is 301 g/mol. The molecule has 1 amide bonds. The SMILES string of the molecule is O=C(COc1ccccc1)Nc1nnc(-c2ccsc2)o1. The molecule has 106 valence electrons. The van der Waals surface area contributed by atoms with Gasteiger partial charge in [0, 0.05) is 10.9 Å². The molecule has 0 spiro atoms. The van der Waals surface area contributed by atoms with Gasteiger partial charge in [-0.3, -0.25) is 10.1 Å². The molecule has 0 unspecified atom stereocenters. The smallest absolute Gasteiger partial charge is 0.322 e. The van der Waals surface area contributed by atoms with Gasteiger partial charge in [0.1, 0.15) is 5.75 Å². The Morgan fingerprint density at radius 2 is 2.10 bits per heavy atom. The summed E-state index contributed by atoms with van der Waals surface area (Å²) in [4.78, 5) is 11.7. The molecule has 1 N–H and O–H groups in total. The number of benzene rings is 1. The summed E-state index contributed by atoms with van der Waals surface area (Å²) in [6.45, 7) is -0.125. The molecule has 0 aliphatic carbocycles. The number of aromatic nitrogens is 2. The zero-order valence-electron chi connectivity index (χ0n) is 10.9. The molecule has 0 atom stereocenters. The molecule has 0 aliphatic rings. The van der Waals surface area contributed by atoms with Gasteiger partial charge >= 0.3 is 6.01 Å². The lowest BCUT2D eigenvalue weighted by Gasteiger charge is -2.04. The van der Waals surface area contributed by atoms with Crippen LogP contribution in [0.2, 0.25) is 0 Å². The number of nitrogens with one attached hydrogen (secondary N) is 1. The summed E-state index contributed by atoms with van der Waals surface area (Å²) in [5.74, 6) is 0.632. The van der Waals surface area contributed by atoms with Gasteiger partial charge in [-0.1, -0.05) is 23.3 Å². The van der Waals surface area contributed by atoms with Gasteiger partial charge in [0.05, 0.1) is 0 Å². The third kappa shape index (κ3) is 3.46. The number of thiophene rings is 1. The summed E-state index contributed by atoms with van der Waals surface area (Å²) in [6.07, 6.45) is 0. The number of hydrogen-bond acceptors (Lipinski definition) is 6. The van der Waals surface area contributed by atoms with Gasteiger partial charge in [0.15, 0.2) is 6.61 Å². The van der Waals surface area contributed by atoms with Crippen LogP contribution in [0.15, 0.2) is 51.6 Å². The molecule has 0 saturated carbocycles. The van der Waals surface area contributed by atoms with E-state index in [2.05, 4.69) is 15.5 Å². The van der Waals surface area contributed by atoms with Crippen molar-refractivity contribution >= 4 is 23.3 Å². The van der Waals surface area contributed by atoms with Gasteiger partial charge in [-0.05, 0) is 23.6 Å². The number of rotatable bonds is 5. The molecule has 0 aliphatic heterocycles. The Hall–Kier alpha value is -2.67. The minimum atomic E-state index is -0.362. The van der Waals surface area contributed by atoms with Crippen molar-refractivity contribution in [3.63, 3.8) is 0 Å². The number of nitrogens with zero attached hydrogens (tertiary/aromatic N) is 2. The Labute approximate surface area is 124 Å². The quantitative estimate of drug-likeness (QED) is 0.784. The van der Waals surface area contributed by atoms with Crippen LogP contribution >= 0.6 is 11.3 Å². The minimum Gasteiger partial charge on any atom is -0.484 e. The van der Waals surface area contributed by atoms with E-state index in [1.807, 2.05) is 35.0 Å². The minimum absolute atomic E-state index is 0.0536. The molecule has 0 fully saturated rings. The molecule has 3 aromatic rings. The highest BCUT2D eigenvalue weighted by atomic mass is 32.1. The molecule has 21 heavy (non-hydrogen) atoms. The normalized spacial score (nSPS) is 10.3. The molecule has 2 heterocycles. The maximum atomic E-state index is 11.7. The van der Waals surface area contributed by atoms with Crippen LogP contribution in [0.5, 0.6) is 5.75 Å². The first-order valence-corrected chi connectivity index (χ1v) is 7.09. The summed E-state index contributed by atoms with van der Waals surface area (Å²) in [7, 11) is 0. The van der Waals surface area contributed by atoms with Crippen LogP contribution in [0.4, 0.5) is 6.01 Å². The van der Waals surface area contributed by atoms with E-state index in [0.29, 0.717) is 11.6 Å². The largest absolute Gasteiger partial charge is 0.484 e. The Balaban J connectivity index is 1.55. The van der Waals surface area contributed by atoms with Gasteiger partial charge in [-0.15, -0.1) is 5.10 Å². The van der Waals surface area contributed by atoms with Crippen LogP contribution in [0.3, 0.4) is 0 Å². The highest BCUT2D eigenvalue weighted by molar-refractivity contribution is 7.08. The molecular formula is C14H11N3O3S. The predicted molar refractivity (Wildman–Crippen MR) is 78.2 cm³/mol. The van der Waals surface area contributed by atoms with Gasteiger partial charge in [0.25, 0.3) is 11.8 Å². The molecule has 7 heteroatoms. The molecule has 0 saturated heterocycles. The zero-order valence-corrected chi connectivity index (χ0v) is 11.7. The lowest BCUT2D eigenvalue weighted by atomic mass is 10.3. The fourth-order valence-corrected chi connectivity index (χ4v) is 2.23. The van der Waals surface area contributed by atoms with Gasteiger partial charge in [-0.25, -0.2) is 0 Å². The highest BCUT2D eigenvalue weighted by Crippen LogP contribution is 2.21. The van der Waals surface area contributed by atoms with E-state index in [1.165, 1.54) is 11.3 Å². The lowest BCUT2D eigenvalue weighted by molar-refractivity contribution is -0.118. The zero-order chi connectivity index (χ0) is 14.5. The van der Waals surface area contributed by atoms with E-state index in [0.717, 1.165) is 5.56 Å². The summed E-state index contributed by atoms with van der Waals surface area (Å²) in [5, 5.41) is 13.9. The van der Waals surface area contributed by atoms with Crippen molar-refractivity contribution < 1.29 is 13.9 Å². The first kappa shape index (κ1) is 13.3. The standard InChI is InChI=1S/C14H11N3O3S/c18-12(8-19-11-4-2-1-3-5-11)15-14-17-16-13(20-14)10-6-7-21-9-10/h1-7,9H,8H2,(H,15,17,18). The van der Waals surface area contributed by atoms with E-state index < -0.39 is 0 Å². The van der Waals surface area contributed by atoms with Gasteiger partial charge < -0.3 is 9.15 Å². The second-order valence-corrected chi connectivity index (χ2v) is 4.85. The second-order valence-electron chi connectivity index (χ2n) is 4.07. The monoisotopic (exact) mass is 301 g/mol. The average Bonchev–Trinajstić information content (AvgIpc) is 3.17. The van der Waals surface area contributed by atoms with Crippen molar-refractivity contribution in [2.45, 2.75) is 0 Å². The number of carbonyl (C=O) groups is 1. The van der Waals surface area contributed by atoms with Crippen molar-refractivity contribution in [2.75, 3.05) is 11.9 Å². The summed E-state index contributed by atoms with van der Waals surface area (Å²) >= 11 is 1.53. The predicted octanol–water partition coefficient (Wildman–Crippen LogP) is 2.82. The third-order valence-corrected chi connectivity index (χ3v) is 3.24. The first-order chi connectivity index (χ1) is 10.3. The number of ether oxygens (including phenoxy) is 1. The lowest BCUT2D eigenvalue weighted by Crippen LogP contribution is -2.20. The summed E-state index contributed by atoms with van der Waals surface area (Å²) in [5.41, 5.74) is 0.827. The van der Waals surface area contributed by atoms with E-state index in [1.54, 1.807) is 12.1 Å². The Kier molecular flexibility index (Phi) is 3.92. The van der Waals surface area contributed by atoms with Crippen molar-refractivity contribution in [1.82, 2.24) is 10.2 Å². The van der Waals surface area contributed by atoms with E-state index in [-0.39, 0.29) is 18.5 Å². The Morgan fingerprint density at radius 1 is 1.24 bits per heavy atom. The van der Waals surface area contributed by atoms with Gasteiger partial charge in [0.2, 0.25) is 0 Å². The molecule has 1 aromatic carbocycles. The topological polar surface area (TPSA) is 77.2 Å². The molecule has 0 radical (unpaired) electrons. The van der Waals surface area contributed by atoms with Crippen molar-refractivity contribution in [3.8, 4) is 17.2 Å². The van der Waals surface area contributed by atoms with Crippen molar-refractivity contribution in [1.29, 1.82) is 0 Å². The van der Waals surface area contributed by atoms with Gasteiger partial charge in [-0.2, -0.15) is 11.3 Å². The third-order valence-electron chi connectivity index (χ3n) is 2.55. The highest BCUT2D eigenvalue weighted by Gasteiger charge is 2.11. The molecular weight excluding hydrogens is 290 g/mol. The van der Waals surface area contributed by atoms with Crippen LogP contribution in [-0.2, 0) is 4.79 Å². The van der Waals surface area contributed by atoms with Crippen LogP contribution in [0.1, 0.15) is 0 Å². The molecule has 3 rings (SSSR count). The molecule has 0 bridgehead atoms. The number of amides is 1. The maximum Gasteiger partial charge on any atom is 0.322 e. The first-order valence-electron chi connectivity index (χ1n) is 6.15. The molecule has 2 aromatic heterocycles. The Morgan fingerprint density at radius 3 is 2.86 bits per heavy atom. The number of para-hydroxylation sites is 1. The van der Waals surface area contributed by atoms with Crippen molar-refractivity contribution in [3.05, 3.63) is 47.2 Å². The second kappa shape index (κ2) is 6.19. The summed E-state index contributed by atoms with van der Waals surface area (Å²) in [6, 6.07) is 11.0. The van der Waals surface area contributed by atoms with Crippen molar-refractivity contribution in [2.24, 2.45) is 0 Å². The molecule has 6 nitrogen and oxygen atoms in total. The number of carbonyl (C=O) groups excluding carboxylic acids is 1. The van der Waals surface area contributed by atoms with E-state index in [4.69, 9.17) is 9.15 Å². The number of hydrogen-bond donors (Lipinski definition) is 1. The number of anilines is 1.